The molecule has 8 heteroatoms. The fourth-order valence-corrected chi connectivity index (χ4v) is 4.74. The molecule has 0 aromatic rings. The van der Waals surface area contributed by atoms with E-state index in [1.165, 1.54) is 0 Å². The summed E-state index contributed by atoms with van der Waals surface area (Å²) in [6, 6.07) is -0.540. The second kappa shape index (κ2) is 13.1. The average Bonchev–Trinajstić information content (AvgIpc) is 3.26. The van der Waals surface area contributed by atoms with Crippen LogP contribution < -0.4 is 5.32 Å². The van der Waals surface area contributed by atoms with Crippen molar-refractivity contribution < 1.29 is 19.1 Å². The molecule has 1 N–H and O–H groups in total. The summed E-state index contributed by atoms with van der Waals surface area (Å²) in [4.78, 5) is 44.6. The van der Waals surface area contributed by atoms with E-state index in [0.29, 0.717) is 18.7 Å². The minimum absolute atomic E-state index is 0.0310. The first-order valence-corrected chi connectivity index (χ1v) is 12.4. The van der Waals surface area contributed by atoms with Gasteiger partial charge in [0.2, 0.25) is 17.7 Å². The number of carbonyl (C=O) groups is 3. The van der Waals surface area contributed by atoms with Crippen LogP contribution in [0.1, 0.15) is 59.3 Å². The van der Waals surface area contributed by atoms with Crippen molar-refractivity contribution in [3.63, 3.8) is 0 Å². The van der Waals surface area contributed by atoms with E-state index in [2.05, 4.69) is 10.2 Å². The maximum Gasteiger partial charge on any atom is 0.249 e. The second-order valence-electron chi connectivity index (χ2n) is 9.90. The van der Waals surface area contributed by atoms with Crippen molar-refractivity contribution in [2.24, 2.45) is 5.92 Å². The fraction of sp³-hybridized carbons (Fsp3) is 0.800. The van der Waals surface area contributed by atoms with E-state index in [0.717, 1.165) is 51.6 Å². The number of nitrogens with zero attached hydrogens (tertiary/aromatic N) is 3. The summed E-state index contributed by atoms with van der Waals surface area (Å²) in [5.41, 5.74) is 0.646. The Morgan fingerprint density at radius 1 is 1.15 bits per heavy atom. The minimum atomic E-state index is -0.584. The summed E-state index contributed by atoms with van der Waals surface area (Å²) in [5, 5.41) is 3.00. The first kappa shape index (κ1) is 27.3. The molecule has 2 aliphatic heterocycles. The summed E-state index contributed by atoms with van der Waals surface area (Å²) in [5.74, 6) is -0.206. The third kappa shape index (κ3) is 7.54. The zero-order valence-electron chi connectivity index (χ0n) is 21.4. The van der Waals surface area contributed by atoms with E-state index in [4.69, 9.17) is 4.74 Å². The van der Waals surface area contributed by atoms with Crippen LogP contribution in [0.5, 0.6) is 0 Å². The molecule has 0 radical (unpaired) electrons. The van der Waals surface area contributed by atoms with Gasteiger partial charge in [-0.15, -0.1) is 0 Å². The van der Waals surface area contributed by atoms with Gasteiger partial charge in [0.25, 0.3) is 0 Å². The standard InChI is InChI=1S/C25H44N4O4/c1-18(2)22(26-23(30)21-11-7-8-14-27(21)4)25(32)28(5)16-12-19(3)24(31)29-15-9-10-20(29)13-17-33-6/h12,18,20-22H,7-11,13-17H2,1-6H3,(H,26,30)/b19-12+. The first-order valence-electron chi connectivity index (χ1n) is 12.4. The van der Waals surface area contributed by atoms with Crippen LogP contribution >= 0.6 is 0 Å². The highest BCUT2D eigenvalue weighted by atomic mass is 16.5. The smallest absolute Gasteiger partial charge is 0.249 e. The predicted molar refractivity (Wildman–Crippen MR) is 130 cm³/mol. The highest BCUT2D eigenvalue weighted by Crippen LogP contribution is 2.22. The molecule has 0 saturated carbocycles. The van der Waals surface area contributed by atoms with E-state index < -0.39 is 6.04 Å². The van der Waals surface area contributed by atoms with Gasteiger partial charge in [-0.2, -0.15) is 0 Å². The first-order chi connectivity index (χ1) is 15.7. The van der Waals surface area contributed by atoms with Gasteiger partial charge in [0.05, 0.1) is 6.04 Å². The van der Waals surface area contributed by atoms with Gasteiger partial charge < -0.3 is 19.9 Å². The van der Waals surface area contributed by atoms with E-state index in [1.807, 2.05) is 38.8 Å². The molecule has 33 heavy (non-hydrogen) atoms. The largest absolute Gasteiger partial charge is 0.385 e. The molecule has 0 aromatic carbocycles. The summed E-state index contributed by atoms with van der Waals surface area (Å²) in [6.45, 7) is 8.35. The van der Waals surface area contributed by atoms with Crippen LogP contribution in [0, 0.1) is 5.92 Å². The number of likely N-dealkylation sites (N-methyl/N-ethyl adjacent to an activating group) is 2. The molecule has 0 bridgehead atoms. The average molecular weight is 465 g/mol. The third-order valence-electron chi connectivity index (χ3n) is 6.98. The Hall–Kier alpha value is -1.93. The Bertz CT molecular complexity index is 709. The maximum atomic E-state index is 13.2. The molecule has 2 rings (SSSR count). The van der Waals surface area contributed by atoms with Crippen molar-refractivity contribution in [1.29, 1.82) is 0 Å². The number of hydrogen-bond donors (Lipinski definition) is 1. The molecule has 3 atom stereocenters. The predicted octanol–water partition coefficient (Wildman–Crippen LogP) is 2.04. The number of nitrogens with one attached hydrogen (secondary N) is 1. The van der Waals surface area contributed by atoms with Crippen molar-refractivity contribution in [3.8, 4) is 0 Å². The molecule has 0 aliphatic carbocycles. The Morgan fingerprint density at radius 2 is 1.88 bits per heavy atom. The minimum Gasteiger partial charge on any atom is -0.385 e. The van der Waals surface area contributed by atoms with E-state index >= 15 is 0 Å². The molecular weight excluding hydrogens is 420 g/mol. The van der Waals surface area contributed by atoms with Crippen molar-refractivity contribution >= 4 is 17.7 Å². The van der Waals surface area contributed by atoms with Gasteiger partial charge in [-0.05, 0) is 58.5 Å². The summed E-state index contributed by atoms with van der Waals surface area (Å²) >= 11 is 0. The lowest BCUT2D eigenvalue weighted by Gasteiger charge is -2.34. The Morgan fingerprint density at radius 3 is 2.52 bits per heavy atom. The van der Waals surface area contributed by atoms with Crippen LogP contribution in [-0.4, -0.2) is 98.0 Å². The van der Waals surface area contributed by atoms with Crippen LogP contribution in [-0.2, 0) is 19.1 Å². The fourth-order valence-electron chi connectivity index (χ4n) is 4.74. The highest BCUT2D eigenvalue weighted by Gasteiger charge is 2.32. The zero-order valence-corrected chi connectivity index (χ0v) is 21.4. The van der Waals surface area contributed by atoms with Crippen molar-refractivity contribution in [2.45, 2.75) is 77.4 Å². The maximum absolute atomic E-state index is 13.2. The Balaban J connectivity index is 1.96. The van der Waals surface area contributed by atoms with E-state index in [-0.39, 0.29) is 35.7 Å². The van der Waals surface area contributed by atoms with Crippen LogP contribution in [0.3, 0.4) is 0 Å². The topological polar surface area (TPSA) is 82.2 Å². The molecule has 3 unspecified atom stereocenters. The van der Waals surface area contributed by atoms with Gasteiger partial charge in [0.1, 0.15) is 6.04 Å². The van der Waals surface area contributed by atoms with E-state index in [1.54, 1.807) is 19.1 Å². The second-order valence-corrected chi connectivity index (χ2v) is 9.90. The monoisotopic (exact) mass is 464 g/mol. The van der Waals surface area contributed by atoms with Crippen LogP contribution in [0.2, 0.25) is 0 Å². The van der Waals surface area contributed by atoms with Gasteiger partial charge >= 0.3 is 0 Å². The quantitative estimate of drug-likeness (QED) is 0.501. The number of rotatable bonds is 10. The van der Waals surface area contributed by atoms with Gasteiger partial charge in [-0.3, -0.25) is 19.3 Å². The highest BCUT2D eigenvalue weighted by molar-refractivity contribution is 5.93. The number of carbonyl (C=O) groups excluding carboxylic acids is 3. The molecule has 0 aromatic heterocycles. The lowest BCUT2D eigenvalue weighted by molar-refractivity contribution is -0.138. The number of likely N-dealkylation sites (tertiary alicyclic amines) is 2. The third-order valence-corrected chi connectivity index (χ3v) is 6.98. The van der Waals surface area contributed by atoms with Gasteiger partial charge in [-0.25, -0.2) is 0 Å². The Labute approximate surface area is 199 Å². The van der Waals surface area contributed by atoms with Crippen LogP contribution in [0.25, 0.3) is 0 Å². The SMILES string of the molecule is COCCC1CCCN1C(=O)/C(C)=C/CN(C)C(=O)C(NC(=O)C1CCCCN1C)C(C)C. The summed E-state index contributed by atoms with van der Waals surface area (Å²) < 4.78 is 5.18. The Kier molecular flexibility index (Phi) is 10.8. The van der Waals surface area contributed by atoms with Gasteiger partial charge in [0.15, 0.2) is 0 Å². The summed E-state index contributed by atoms with van der Waals surface area (Å²) in [7, 11) is 5.37. The van der Waals surface area contributed by atoms with Crippen molar-refractivity contribution in [2.75, 3.05) is 47.4 Å². The van der Waals surface area contributed by atoms with Crippen LogP contribution in [0.4, 0.5) is 0 Å². The number of piperidine rings is 1. The zero-order chi connectivity index (χ0) is 24.5. The lowest BCUT2D eigenvalue weighted by Crippen LogP contribution is -2.56. The number of hydrogen-bond acceptors (Lipinski definition) is 5. The van der Waals surface area contributed by atoms with Gasteiger partial charge in [-0.1, -0.05) is 26.3 Å². The molecule has 2 heterocycles. The lowest BCUT2D eigenvalue weighted by atomic mass is 9.99. The summed E-state index contributed by atoms with van der Waals surface area (Å²) in [6.07, 6.45) is 7.64. The van der Waals surface area contributed by atoms with Gasteiger partial charge in [0, 0.05) is 45.5 Å². The molecule has 2 saturated heterocycles. The molecule has 0 spiro atoms. The molecular formula is C25H44N4O4. The van der Waals surface area contributed by atoms with Crippen molar-refractivity contribution in [3.05, 3.63) is 11.6 Å². The molecule has 188 valence electrons. The number of ether oxygens (including phenoxy) is 1. The molecule has 2 fully saturated rings. The molecule has 2 aliphatic rings. The molecule has 3 amide bonds. The van der Waals surface area contributed by atoms with Crippen molar-refractivity contribution in [1.82, 2.24) is 20.0 Å². The normalized spacial score (nSPS) is 23.0. The van der Waals surface area contributed by atoms with Crippen LogP contribution in [0.15, 0.2) is 11.6 Å². The van der Waals surface area contributed by atoms with E-state index in [9.17, 15) is 14.4 Å². The number of amides is 3. The molecule has 8 nitrogen and oxygen atoms in total. The number of methoxy groups -OCH3 is 1.